The molecular weight excluding hydrogens is 440 g/mol. The Morgan fingerprint density at radius 1 is 0.970 bits per heavy atom. The highest BCUT2D eigenvalue weighted by molar-refractivity contribution is 7.89. The van der Waals surface area contributed by atoms with Gasteiger partial charge in [0.05, 0.1) is 5.92 Å². The quantitative estimate of drug-likeness (QED) is 0.635. The first kappa shape index (κ1) is 24.3. The predicted octanol–water partition coefficient (Wildman–Crippen LogP) is 3.13. The second-order valence-corrected chi connectivity index (χ2v) is 12.1. The van der Waals surface area contributed by atoms with E-state index in [4.69, 9.17) is 0 Å². The number of piperidine rings is 2. The first-order valence-corrected chi connectivity index (χ1v) is 14.1. The van der Waals surface area contributed by atoms with E-state index in [0.717, 1.165) is 38.5 Å². The van der Waals surface area contributed by atoms with E-state index in [0.29, 0.717) is 44.1 Å². The highest BCUT2D eigenvalue weighted by Gasteiger charge is 2.35. The molecular formula is C24H38N4O4S. The zero-order chi connectivity index (χ0) is 23.4. The lowest BCUT2D eigenvalue weighted by Crippen LogP contribution is -2.47. The van der Waals surface area contributed by atoms with E-state index in [1.165, 1.54) is 29.4 Å². The van der Waals surface area contributed by atoms with Crippen molar-refractivity contribution in [3.8, 4) is 0 Å². The molecule has 0 radical (unpaired) electrons. The minimum atomic E-state index is -3.77. The summed E-state index contributed by atoms with van der Waals surface area (Å²) in [6.45, 7) is 4.17. The summed E-state index contributed by atoms with van der Waals surface area (Å²) >= 11 is 0. The molecule has 0 aromatic carbocycles. The molecule has 1 saturated carbocycles. The van der Waals surface area contributed by atoms with Gasteiger partial charge in [0.15, 0.2) is 0 Å². The second kappa shape index (κ2) is 10.6. The van der Waals surface area contributed by atoms with Crippen molar-refractivity contribution in [1.82, 2.24) is 19.5 Å². The van der Waals surface area contributed by atoms with Crippen molar-refractivity contribution >= 4 is 21.8 Å². The molecule has 3 fully saturated rings. The summed E-state index contributed by atoms with van der Waals surface area (Å²) in [6, 6.07) is 1.66. The third-order valence-corrected chi connectivity index (χ3v) is 9.39. The predicted molar refractivity (Wildman–Crippen MR) is 126 cm³/mol. The monoisotopic (exact) mass is 478 g/mol. The van der Waals surface area contributed by atoms with Gasteiger partial charge in [-0.2, -0.15) is 4.31 Å². The van der Waals surface area contributed by atoms with Gasteiger partial charge in [0.1, 0.15) is 10.6 Å². The lowest BCUT2D eigenvalue weighted by molar-refractivity contribution is -0.126. The molecule has 3 heterocycles. The van der Waals surface area contributed by atoms with Crippen LogP contribution in [0.5, 0.6) is 0 Å². The Morgan fingerprint density at radius 2 is 1.67 bits per heavy atom. The third kappa shape index (κ3) is 5.80. The Bertz CT molecular complexity index is 928. The first-order valence-electron chi connectivity index (χ1n) is 12.6. The van der Waals surface area contributed by atoms with Crippen LogP contribution in [0.4, 0.5) is 0 Å². The summed E-state index contributed by atoms with van der Waals surface area (Å²) in [7, 11) is -3.77. The number of H-pyrrole nitrogens is 1. The third-order valence-electron chi connectivity index (χ3n) is 7.55. The topological polar surface area (TPSA) is 103 Å². The molecule has 33 heavy (non-hydrogen) atoms. The number of carbonyl (C=O) groups excluding carboxylic acids is 2. The van der Waals surface area contributed by atoms with E-state index in [1.807, 2.05) is 0 Å². The van der Waals surface area contributed by atoms with Gasteiger partial charge in [0.25, 0.3) is 5.91 Å². The van der Waals surface area contributed by atoms with Gasteiger partial charge in [0.2, 0.25) is 15.9 Å². The molecule has 2 N–H and O–H groups in total. The van der Waals surface area contributed by atoms with Crippen LogP contribution in [-0.4, -0.2) is 66.6 Å². The van der Waals surface area contributed by atoms with Crippen LogP contribution in [0.1, 0.15) is 81.6 Å². The molecule has 2 aliphatic heterocycles. The Hall–Kier alpha value is -1.87. The van der Waals surface area contributed by atoms with E-state index >= 15 is 0 Å². The molecule has 1 aliphatic carbocycles. The van der Waals surface area contributed by atoms with Gasteiger partial charge in [-0.3, -0.25) is 9.59 Å². The number of hydrogen-bond acceptors (Lipinski definition) is 4. The minimum absolute atomic E-state index is 0.0222. The van der Waals surface area contributed by atoms with Crippen molar-refractivity contribution in [2.75, 3.05) is 26.2 Å². The minimum Gasteiger partial charge on any atom is -0.356 e. The van der Waals surface area contributed by atoms with Gasteiger partial charge < -0.3 is 15.2 Å². The Balaban J connectivity index is 1.38. The van der Waals surface area contributed by atoms with Gasteiger partial charge in [0, 0.05) is 38.4 Å². The van der Waals surface area contributed by atoms with E-state index in [9.17, 15) is 18.0 Å². The van der Waals surface area contributed by atoms with Crippen LogP contribution in [0, 0.1) is 11.8 Å². The SMILES string of the molecule is CC1CCN(C(=O)c2cc(S(=O)(=O)N3CCC[C@H](C(=O)NC4CCCCCC4)C3)c[nH]2)CC1. The zero-order valence-electron chi connectivity index (χ0n) is 19.7. The first-order chi connectivity index (χ1) is 15.8. The van der Waals surface area contributed by atoms with Gasteiger partial charge in [-0.1, -0.05) is 32.6 Å². The molecule has 0 spiro atoms. The van der Waals surface area contributed by atoms with Crippen molar-refractivity contribution < 1.29 is 18.0 Å². The summed E-state index contributed by atoms with van der Waals surface area (Å²) in [6.07, 6.45) is 11.4. The number of aromatic amines is 1. The smallest absolute Gasteiger partial charge is 0.270 e. The van der Waals surface area contributed by atoms with E-state index in [-0.39, 0.29) is 35.2 Å². The van der Waals surface area contributed by atoms with Crippen LogP contribution in [0.25, 0.3) is 0 Å². The highest BCUT2D eigenvalue weighted by Crippen LogP contribution is 2.26. The van der Waals surface area contributed by atoms with Gasteiger partial charge in [-0.25, -0.2) is 8.42 Å². The van der Waals surface area contributed by atoms with Crippen molar-refractivity contribution in [1.29, 1.82) is 0 Å². The number of sulfonamides is 1. The highest BCUT2D eigenvalue weighted by atomic mass is 32.2. The molecule has 2 amide bonds. The lowest BCUT2D eigenvalue weighted by Gasteiger charge is -2.32. The average molecular weight is 479 g/mol. The average Bonchev–Trinajstić information content (AvgIpc) is 3.19. The normalized spacial score (nSPS) is 24.4. The lowest BCUT2D eigenvalue weighted by atomic mass is 9.97. The van der Waals surface area contributed by atoms with Gasteiger partial charge in [-0.15, -0.1) is 0 Å². The summed E-state index contributed by atoms with van der Waals surface area (Å²) in [5, 5.41) is 3.18. The van der Waals surface area contributed by atoms with Crippen molar-refractivity contribution in [2.24, 2.45) is 11.8 Å². The maximum atomic E-state index is 13.3. The molecule has 3 aliphatic rings. The van der Waals surface area contributed by atoms with Crippen LogP contribution in [0.3, 0.4) is 0 Å². The summed E-state index contributed by atoms with van der Waals surface area (Å²) in [5.41, 5.74) is 0.308. The summed E-state index contributed by atoms with van der Waals surface area (Å²) < 4.78 is 28.0. The van der Waals surface area contributed by atoms with Crippen molar-refractivity contribution in [2.45, 2.75) is 82.1 Å². The molecule has 184 valence electrons. The molecule has 1 atom stereocenters. The Kier molecular flexibility index (Phi) is 7.79. The molecule has 0 bridgehead atoms. The largest absolute Gasteiger partial charge is 0.356 e. The summed E-state index contributed by atoms with van der Waals surface area (Å²) in [5.74, 6) is 0.112. The number of rotatable bonds is 5. The molecule has 1 aromatic rings. The van der Waals surface area contributed by atoms with Crippen LogP contribution >= 0.6 is 0 Å². The maximum absolute atomic E-state index is 13.3. The molecule has 4 rings (SSSR count). The number of hydrogen-bond donors (Lipinski definition) is 2. The number of amides is 2. The fraction of sp³-hybridized carbons (Fsp3) is 0.750. The maximum Gasteiger partial charge on any atom is 0.270 e. The molecule has 2 saturated heterocycles. The van der Waals surface area contributed by atoms with Gasteiger partial charge >= 0.3 is 0 Å². The van der Waals surface area contributed by atoms with Crippen LogP contribution < -0.4 is 5.32 Å². The van der Waals surface area contributed by atoms with Crippen molar-refractivity contribution in [3.63, 3.8) is 0 Å². The molecule has 9 heteroatoms. The number of nitrogens with zero attached hydrogens (tertiary/aromatic N) is 2. The van der Waals surface area contributed by atoms with E-state index in [1.54, 1.807) is 4.90 Å². The van der Waals surface area contributed by atoms with E-state index in [2.05, 4.69) is 17.2 Å². The Morgan fingerprint density at radius 3 is 2.36 bits per heavy atom. The second-order valence-electron chi connectivity index (χ2n) is 10.1. The van der Waals surface area contributed by atoms with Crippen LogP contribution in [-0.2, 0) is 14.8 Å². The van der Waals surface area contributed by atoms with E-state index < -0.39 is 10.0 Å². The Labute approximate surface area is 197 Å². The van der Waals surface area contributed by atoms with Gasteiger partial charge in [-0.05, 0) is 50.5 Å². The molecule has 1 aromatic heterocycles. The number of likely N-dealkylation sites (tertiary alicyclic amines) is 1. The fourth-order valence-corrected chi connectivity index (χ4v) is 6.81. The summed E-state index contributed by atoms with van der Waals surface area (Å²) in [4.78, 5) is 30.5. The standard InChI is InChI=1S/C24H38N4O4S/c1-18-10-13-27(14-11-18)24(30)22-15-21(16-25-22)33(31,32)28-12-6-7-19(17-28)23(29)26-20-8-4-2-3-5-9-20/h15-16,18-20,25H,2-14,17H2,1H3,(H,26,29)/t19-/m0/s1. The van der Waals surface area contributed by atoms with Crippen LogP contribution in [0.15, 0.2) is 17.2 Å². The number of nitrogens with one attached hydrogen (secondary N) is 2. The van der Waals surface area contributed by atoms with Crippen molar-refractivity contribution in [3.05, 3.63) is 18.0 Å². The number of carbonyl (C=O) groups is 2. The number of aromatic nitrogens is 1. The fourth-order valence-electron chi connectivity index (χ4n) is 5.30. The zero-order valence-corrected chi connectivity index (χ0v) is 20.5. The molecule has 8 nitrogen and oxygen atoms in total. The van der Waals surface area contributed by atoms with Crippen LogP contribution in [0.2, 0.25) is 0 Å². The molecule has 0 unspecified atom stereocenters.